The summed E-state index contributed by atoms with van der Waals surface area (Å²) >= 11 is 0. The number of ether oxygens (including phenoxy) is 1. The molecule has 1 aliphatic rings. The van der Waals surface area contributed by atoms with E-state index in [-0.39, 0.29) is 18.0 Å². The van der Waals surface area contributed by atoms with Gasteiger partial charge in [0.1, 0.15) is 18.4 Å². The quantitative estimate of drug-likeness (QED) is 0.781. The van der Waals surface area contributed by atoms with Crippen LogP contribution in [0.3, 0.4) is 0 Å². The zero-order valence-electron chi connectivity index (χ0n) is 13.2. The average molecular weight is 358 g/mol. The highest BCUT2D eigenvalue weighted by Crippen LogP contribution is 2.25. The summed E-state index contributed by atoms with van der Waals surface area (Å²) in [6.07, 6.45) is 1.68. The zero-order chi connectivity index (χ0) is 17.7. The second-order valence-electron chi connectivity index (χ2n) is 5.38. The average Bonchev–Trinajstić information content (AvgIpc) is 2.59. The molecule has 24 heavy (non-hydrogen) atoms. The molecule has 0 aromatic heterocycles. The molecule has 2 rings (SSSR count). The van der Waals surface area contributed by atoms with Gasteiger partial charge in [0, 0.05) is 6.54 Å². The van der Waals surface area contributed by atoms with Crippen molar-refractivity contribution in [3.63, 3.8) is 0 Å². The van der Waals surface area contributed by atoms with Gasteiger partial charge in [-0.2, -0.15) is 4.31 Å². The van der Waals surface area contributed by atoms with Gasteiger partial charge in [-0.15, -0.1) is 0 Å². The Kier molecular flexibility index (Phi) is 5.89. The van der Waals surface area contributed by atoms with E-state index in [0.717, 1.165) is 16.4 Å². The molecule has 1 atom stereocenters. The molecule has 1 heterocycles. The standard InChI is InChI=1S/C15H19FN2O5S/c1-23-14(19)10-17-15(20)13-4-2-3-9-18(13)24(21,22)12-7-5-11(16)6-8-12/h5-8,13H,2-4,9-10H2,1H3,(H,17,20)/t13-/m0/s1. The molecule has 0 bridgehead atoms. The van der Waals surface area contributed by atoms with E-state index in [2.05, 4.69) is 10.1 Å². The third-order valence-corrected chi connectivity index (χ3v) is 5.73. The summed E-state index contributed by atoms with van der Waals surface area (Å²) in [4.78, 5) is 23.3. The number of amides is 1. The summed E-state index contributed by atoms with van der Waals surface area (Å²) in [5, 5.41) is 2.39. The molecule has 1 saturated heterocycles. The monoisotopic (exact) mass is 358 g/mol. The second-order valence-corrected chi connectivity index (χ2v) is 7.27. The maximum absolute atomic E-state index is 13.0. The summed E-state index contributed by atoms with van der Waals surface area (Å²) in [5.41, 5.74) is 0. The van der Waals surface area contributed by atoms with Crippen LogP contribution in [0.15, 0.2) is 29.2 Å². The number of rotatable bonds is 5. The number of sulfonamides is 1. The predicted molar refractivity (Wildman–Crippen MR) is 83.0 cm³/mol. The van der Waals surface area contributed by atoms with Gasteiger partial charge in [0.2, 0.25) is 15.9 Å². The largest absolute Gasteiger partial charge is 0.468 e. The van der Waals surface area contributed by atoms with Gasteiger partial charge in [0.15, 0.2) is 0 Å². The normalized spacial score (nSPS) is 18.8. The topological polar surface area (TPSA) is 92.8 Å². The maximum atomic E-state index is 13.0. The van der Waals surface area contributed by atoms with Gasteiger partial charge in [0.25, 0.3) is 0 Å². The lowest BCUT2D eigenvalue weighted by molar-refractivity contribution is -0.141. The van der Waals surface area contributed by atoms with E-state index in [1.165, 1.54) is 19.2 Å². The van der Waals surface area contributed by atoms with Gasteiger partial charge in [-0.05, 0) is 37.1 Å². The number of hydrogen-bond donors (Lipinski definition) is 1. The van der Waals surface area contributed by atoms with Crippen molar-refractivity contribution < 1.29 is 27.1 Å². The minimum absolute atomic E-state index is 0.0726. The molecular formula is C15H19FN2O5S. The number of benzene rings is 1. The maximum Gasteiger partial charge on any atom is 0.325 e. The Morgan fingerprint density at radius 2 is 1.96 bits per heavy atom. The molecule has 1 N–H and O–H groups in total. The number of esters is 1. The highest BCUT2D eigenvalue weighted by molar-refractivity contribution is 7.89. The molecule has 9 heteroatoms. The van der Waals surface area contributed by atoms with Crippen LogP contribution in [0.5, 0.6) is 0 Å². The molecule has 1 aromatic carbocycles. The first-order valence-electron chi connectivity index (χ1n) is 7.48. The van der Waals surface area contributed by atoms with Crippen LogP contribution in [0.2, 0.25) is 0 Å². The van der Waals surface area contributed by atoms with Crippen LogP contribution in [-0.2, 0) is 24.3 Å². The summed E-state index contributed by atoms with van der Waals surface area (Å²) in [7, 11) is -2.73. The van der Waals surface area contributed by atoms with Crippen LogP contribution in [0.25, 0.3) is 0 Å². The third kappa shape index (κ3) is 4.09. The van der Waals surface area contributed by atoms with Crippen molar-refractivity contribution in [2.45, 2.75) is 30.2 Å². The minimum atomic E-state index is -3.93. The van der Waals surface area contributed by atoms with E-state index in [4.69, 9.17) is 0 Å². The van der Waals surface area contributed by atoms with Crippen molar-refractivity contribution in [1.82, 2.24) is 9.62 Å². The third-order valence-electron chi connectivity index (χ3n) is 3.81. The van der Waals surface area contributed by atoms with Gasteiger partial charge in [-0.25, -0.2) is 12.8 Å². The van der Waals surface area contributed by atoms with Crippen LogP contribution < -0.4 is 5.32 Å². The molecule has 0 aliphatic carbocycles. The molecule has 0 saturated carbocycles. The van der Waals surface area contributed by atoms with Crippen molar-refractivity contribution in [3.8, 4) is 0 Å². The van der Waals surface area contributed by atoms with Crippen molar-refractivity contribution in [1.29, 1.82) is 0 Å². The van der Waals surface area contributed by atoms with E-state index < -0.39 is 33.8 Å². The number of nitrogens with zero attached hydrogens (tertiary/aromatic N) is 1. The van der Waals surface area contributed by atoms with Crippen LogP contribution >= 0.6 is 0 Å². The highest BCUT2D eigenvalue weighted by Gasteiger charge is 2.37. The Balaban J connectivity index is 2.20. The fourth-order valence-corrected chi connectivity index (χ4v) is 4.20. The fraction of sp³-hybridized carbons (Fsp3) is 0.467. The van der Waals surface area contributed by atoms with E-state index in [0.29, 0.717) is 19.3 Å². The summed E-state index contributed by atoms with van der Waals surface area (Å²) < 4.78 is 44.0. The van der Waals surface area contributed by atoms with Gasteiger partial charge in [-0.3, -0.25) is 9.59 Å². The summed E-state index contributed by atoms with van der Waals surface area (Å²) in [5.74, 6) is -1.71. The first-order chi connectivity index (χ1) is 11.4. The second kappa shape index (κ2) is 7.71. The molecular weight excluding hydrogens is 339 g/mol. The Morgan fingerprint density at radius 1 is 1.29 bits per heavy atom. The number of hydrogen-bond acceptors (Lipinski definition) is 5. The number of nitrogens with one attached hydrogen (secondary N) is 1. The fourth-order valence-electron chi connectivity index (χ4n) is 2.55. The Bertz CT molecular complexity index is 705. The molecule has 7 nitrogen and oxygen atoms in total. The van der Waals surface area contributed by atoms with Gasteiger partial charge >= 0.3 is 5.97 Å². The number of methoxy groups -OCH3 is 1. The van der Waals surface area contributed by atoms with Crippen LogP contribution in [0, 0.1) is 5.82 Å². The predicted octanol–water partition coefficient (Wildman–Crippen LogP) is 0.658. The number of carbonyl (C=O) groups is 2. The smallest absolute Gasteiger partial charge is 0.325 e. The molecule has 1 aliphatic heterocycles. The van der Waals surface area contributed by atoms with Crippen molar-refractivity contribution >= 4 is 21.9 Å². The zero-order valence-corrected chi connectivity index (χ0v) is 14.0. The van der Waals surface area contributed by atoms with Gasteiger partial charge < -0.3 is 10.1 Å². The minimum Gasteiger partial charge on any atom is -0.468 e. The van der Waals surface area contributed by atoms with Gasteiger partial charge in [0.05, 0.1) is 12.0 Å². The Labute approximate surface area is 139 Å². The molecule has 132 valence electrons. The first-order valence-corrected chi connectivity index (χ1v) is 8.92. The lowest BCUT2D eigenvalue weighted by Gasteiger charge is -2.33. The Hall–Kier alpha value is -2.00. The molecule has 1 amide bonds. The van der Waals surface area contributed by atoms with E-state index in [1.54, 1.807) is 0 Å². The van der Waals surface area contributed by atoms with Crippen LogP contribution in [0.4, 0.5) is 4.39 Å². The molecule has 1 fully saturated rings. The highest BCUT2D eigenvalue weighted by atomic mass is 32.2. The summed E-state index contributed by atoms with van der Waals surface area (Å²) in [6, 6.07) is 3.55. The Morgan fingerprint density at radius 3 is 2.58 bits per heavy atom. The van der Waals surface area contributed by atoms with E-state index in [1.807, 2.05) is 0 Å². The SMILES string of the molecule is COC(=O)CNC(=O)[C@@H]1CCCCN1S(=O)(=O)c1ccc(F)cc1. The lowest BCUT2D eigenvalue weighted by atomic mass is 10.0. The van der Waals surface area contributed by atoms with E-state index >= 15 is 0 Å². The lowest BCUT2D eigenvalue weighted by Crippen LogP contribution is -2.52. The number of piperidine rings is 1. The first kappa shape index (κ1) is 18.3. The molecule has 0 radical (unpaired) electrons. The molecule has 0 unspecified atom stereocenters. The molecule has 0 spiro atoms. The van der Waals surface area contributed by atoms with Crippen molar-refractivity contribution in [2.75, 3.05) is 20.2 Å². The van der Waals surface area contributed by atoms with Crippen molar-refractivity contribution in [2.24, 2.45) is 0 Å². The number of carbonyl (C=O) groups excluding carboxylic acids is 2. The van der Waals surface area contributed by atoms with E-state index in [9.17, 15) is 22.4 Å². The number of halogens is 1. The van der Waals surface area contributed by atoms with Crippen LogP contribution in [-0.4, -0.2) is 50.8 Å². The summed E-state index contributed by atoms with van der Waals surface area (Å²) in [6.45, 7) is -0.133. The molecule has 1 aromatic rings. The van der Waals surface area contributed by atoms with Crippen molar-refractivity contribution in [3.05, 3.63) is 30.1 Å². The van der Waals surface area contributed by atoms with Gasteiger partial charge in [-0.1, -0.05) is 6.42 Å². The van der Waals surface area contributed by atoms with Crippen LogP contribution in [0.1, 0.15) is 19.3 Å².